The molecule has 0 saturated carbocycles. The van der Waals surface area contributed by atoms with E-state index in [-0.39, 0.29) is 12.1 Å². The van der Waals surface area contributed by atoms with Crippen molar-refractivity contribution in [1.82, 2.24) is 15.1 Å². The Hall–Kier alpha value is -0.610. The van der Waals surface area contributed by atoms with E-state index in [2.05, 4.69) is 31.0 Å². The molecule has 88 valence electrons. The highest BCUT2D eigenvalue weighted by Crippen LogP contribution is 2.17. The molecule has 0 spiro atoms. The molecule has 0 radical (unpaired) electrons. The zero-order chi connectivity index (χ0) is 11.6. The van der Waals surface area contributed by atoms with Gasteiger partial charge in [-0.3, -0.25) is 10.1 Å². The summed E-state index contributed by atoms with van der Waals surface area (Å²) in [5.41, 5.74) is 0. The van der Waals surface area contributed by atoms with Crippen molar-refractivity contribution in [2.24, 2.45) is 5.92 Å². The van der Waals surface area contributed by atoms with E-state index < -0.39 is 0 Å². The Labute approximate surface area is 92.6 Å². The monoisotopic (exact) mass is 213 g/mol. The van der Waals surface area contributed by atoms with Crippen LogP contribution in [0.4, 0.5) is 0 Å². The lowest BCUT2D eigenvalue weighted by Crippen LogP contribution is -2.50. The fourth-order valence-electron chi connectivity index (χ4n) is 2.11. The Morgan fingerprint density at radius 2 is 2.13 bits per heavy atom. The summed E-state index contributed by atoms with van der Waals surface area (Å²) in [6, 6.07) is 0.303. The molecule has 15 heavy (non-hydrogen) atoms. The molecule has 1 aliphatic heterocycles. The summed E-state index contributed by atoms with van der Waals surface area (Å²) in [6.07, 6.45) is 0.171. The molecule has 1 amide bonds. The number of amides is 1. The summed E-state index contributed by atoms with van der Waals surface area (Å²) in [5.74, 6) is 0.710. The molecule has 1 fully saturated rings. The van der Waals surface area contributed by atoms with Crippen LogP contribution in [0.5, 0.6) is 0 Å². The van der Waals surface area contributed by atoms with Crippen molar-refractivity contribution in [3.05, 3.63) is 0 Å². The molecule has 4 heteroatoms. The standard InChI is InChI=1S/C11H23N3O/c1-8(2)10(7-13(4)5)14-9(3)12-6-11(14)15/h8-10,12H,6-7H2,1-5H3. The molecule has 2 atom stereocenters. The number of carbonyl (C=O) groups is 1. The molecule has 0 bridgehead atoms. The maximum atomic E-state index is 11.8. The Kier molecular flexibility index (Phi) is 4.11. The summed E-state index contributed by atoms with van der Waals surface area (Å²) in [6.45, 7) is 7.81. The topological polar surface area (TPSA) is 35.6 Å². The van der Waals surface area contributed by atoms with E-state index in [4.69, 9.17) is 0 Å². The highest BCUT2D eigenvalue weighted by Gasteiger charge is 2.34. The summed E-state index contributed by atoms with van der Waals surface area (Å²) in [5, 5.41) is 3.19. The summed E-state index contributed by atoms with van der Waals surface area (Å²) < 4.78 is 0. The number of hydrogen-bond acceptors (Lipinski definition) is 3. The van der Waals surface area contributed by atoms with Gasteiger partial charge in [0.15, 0.2) is 0 Å². The molecule has 0 aromatic rings. The third-order valence-electron chi connectivity index (χ3n) is 2.93. The lowest BCUT2D eigenvalue weighted by atomic mass is 10.0. The van der Waals surface area contributed by atoms with Crippen molar-refractivity contribution < 1.29 is 4.79 Å². The van der Waals surface area contributed by atoms with Crippen LogP contribution in [-0.4, -0.2) is 55.1 Å². The molecule has 1 saturated heterocycles. The van der Waals surface area contributed by atoms with Gasteiger partial charge in [-0.05, 0) is 26.9 Å². The molecule has 0 aliphatic carbocycles. The van der Waals surface area contributed by atoms with E-state index in [1.807, 2.05) is 19.0 Å². The van der Waals surface area contributed by atoms with Gasteiger partial charge in [-0.25, -0.2) is 0 Å². The summed E-state index contributed by atoms with van der Waals surface area (Å²) in [7, 11) is 4.10. The highest BCUT2D eigenvalue weighted by atomic mass is 16.2. The normalized spacial score (nSPS) is 24.3. The van der Waals surface area contributed by atoms with Gasteiger partial charge in [-0.15, -0.1) is 0 Å². The molecule has 0 aromatic heterocycles. The maximum Gasteiger partial charge on any atom is 0.238 e. The van der Waals surface area contributed by atoms with Gasteiger partial charge in [-0.1, -0.05) is 13.8 Å². The van der Waals surface area contributed by atoms with Crippen molar-refractivity contribution in [2.75, 3.05) is 27.2 Å². The van der Waals surface area contributed by atoms with Crippen LogP contribution in [0.3, 0.4) is 0 Å². The predicted octanol–water partition coefficient (Wildman–Crippen LogP) is 0.350. The van der Waals surface area contributed by atoms with Crippen LogP contribution in [-0.2, 0) is 4.79 Å². The van der Waals surface area contributed by atoms with Gasteiger partial charge in [0.25, 0.3) is 0 Å². The minimum atomic E-state index is 0.171. The van der Waals surface area contributed by atoms with Crippen LogP contribution in [0.25, 0.3) is 0 Å². The minimum absolute atomic E-state index is 0.171. The Morgan fingerprint density at radius 1 is 1.53 bits per heavy atom. The second-order valence-electron chi connectivity index (χ2n) is 4.93. The van der Waals surface area contributed by atoms with Crippen molar-refractivity contribution >= 4 is 5.91 Å². The summed E-state index contributed by atoms with van der Waals surface area (Å²) in [4.78, 5) is 15.9. The average Bonchev–Trinajstić information content (AvgIpc) is 2.42. The molecule has 4 nitrogen and oxygen atoms in total. The molecular weight excluding hydrogens is 190 g/mol. The summed E-state index contributed by atoms with van der Waals surface area (Å²) >= 11 is 0. The zero-order valence-electron chi connectivity index (χ0n) is 10.4. The van der Waals surface area contributed by atoms with Crippen LogP contribution in [0.15, 0.2) is 0 Å². The van der Waals surface area contributed by atoms with E-state index in [9.17, 15) is 4.79 Å². The second-order valence-corrected chi connectivity index (χ2v) is 4.93. The van der Waals surface area contributed by atoms with Crippen LogP contribution < -0.4 is 5.32 Å². The van der Waals surface area contributed by atoms with E-state index >= 15 is 0 Å². The molecule has 0 aromatic carbocycles. The number of likely N-dealkylation sites (N-methyl/N-ethyl adjacent to an activating group) is 1. The van der Waals surface area contributed by atoms with E-state index in [1.165, 1.54) is 0 Å². The number of nitrogens with zero attached hydrogens (tertiary/aromatic N) is 2. The van der Waals surface area contributed by atoms with Crippen molar-refractivity contribution in [3.8, 4) is 0 Å². The van der Waals surface area contributed by atoms with Crippen LogP contribution in [0.2, 0.25) is 0 Å². The van der Waals surface area contributed by atoms with E-state index in [1.54, 1.807) is 0 Å². The largest absolute Gasteiger partial charge is 0.322 e. The molecular formula is C11H23N3O. The fraction of sp³-hybridized carbons (Fsp3) is 0.909. The van der Waals surface area contributed by atoms with E-state index in [0.29, 0.717) is 18.5 Å². The van der Waals surface area contributed by atoms with Gasteiger partial charge in [0, 0.05) is 12.6 Å². The van der Waals surface area contributed by atoms with Crippen molar-refractivity contribution in [1.29, 1.82) is 0 Å². The van der Waals surface area contributed by atoms with Gasteiger partial charge in [0.1, 0.15) is 0 Å². The third-order valence-corrected chi connectivity index (χ3v) is 2.93. The highest BCUT2D eigenvalue weighted by molar-refractivity contribution is 5.81. The first-order valence-corrected chi connectivity index (χ1v) is 5.62. The van der Waals surface area contributed by atoms with Gasteiger partial charge in [0.05, 0.1) is 12.7 Å². The lowest BCUT2D eigenvalue weighted by molar-refractivity contribution is -0.131. The van der Waals surface area contributed by atoms with Gasteiger partial charge in [-0.2, -0.15) is 0 Å². The van der Waals surface area contributed by atoms with Crippen LogP contribution in [0, 0.1) is 5.92 Å². The van der Waals surface area contributed by atoms with Crippen molar-refractivity contribution in [3.63, 3.8) is 0 Å². The zero-order valence-corrected chi connectivity index (χ0v) is 10.4. The third kappa shape index (κ3) is 2.92. The Bertz CT molecular complexity index is 228. The van der Waals surface area contributed by atoms with Gasteiger partial charge in [0.2, 0.25) is 5.91 Å². The number of carbonyl (C=O) groups excluding carboxylic acids is 1. The molecule has 1 aliphatic rings. The predicted molar refractivity (Wildman–Crippen MR) is 61.5 cm³/mol. The number of nitrogens with one attached hydrogen (secondary N) is 1. The van der Waals surface area contributed by atoms with Crippen LogP contribution in [0.1, 0.15) is 20.8 Å². The SMILES string of the molecule is CC(C)C(CN(C)C)N1C(=O)CNC1C. The Morgan fingerprint density at radius 3 is 2.47 bits per heavy atom. The maximum absolute atomic E-state index is 11.8. The average molecular weight is 213 g/mol. The van der Waals surface area contributed by atoms with E-state index in [0.717, 1.165) is 6.54 Å². The molecule has 1 heterocycles. The quantitative estimate of drug-likeness (QED) is 0.732. The first kappa shape index (κ1) is 12.5. The molecule has 1 N–H and O–H groups in total. The fourth-order valence-corrected chi connectivity index (χ4v) is 2.11. The first-order chi connectivity index (χ1) is 6.93. The van der Waals surface area contributed by atoms with Gasteiger partial charge < -0.3 is 9.80 Å². The molecule has 1 rings (SSSR count). The lowest BCUT2D eigenvalue weighted by Gasteiger charge is -2.35. The molecule has 2 unspecified atom stereocenters. The number of hydrogen-bond donors (Lipinski definition) is 1. The van der Waals surface area contributed by atoms with Crippen LogP contribution >= 0.6 is 0 Å². The minimum Gasteiger partial charge on any atom is -0.322 e. The van der Waals surface area contributed by atoms with Gasteiger partial charge >= 0.3 is 0 Å². The smallest absolute Gasteiger partial charge is 0.238 e. The first-order valence-electron chi connectivity index (χ1n) is 5.62. The van der Waals surface area contributed by atoms with Crippen molar-refractivity contribution in [2.45, 2.75) is 33.0 Å². The second kappa shape index (κ2) is 4.94. The number of rotatable bonds is 4. The Balaban J connectivity index is 2.74.